The maximum atomic E-state index is 11.7. The van der Waals surface area contributed by atoms with Crippen LogP contribution < -0.4 is 0 Å². The Bertz CT molecular complexity index is 45.4. The van der Waals surface area contributed by atoms with Gasteiger partial charge in [0.25, 0.3) is 0 Å². The third-order valence-corrected chi connectivity index (χ3v) is 0.689. The molecule has 0 aromatic rings. The van der Waals surface area contributed by atoms with Crippen LogP contribution in [-0.2, 0) is 0 Å². The Kier molecular flexibility index (Phi) is 7.74. The summed E-state index contributed by atoms with van der Waals surface area (Å²) in [6.45, 7) is 6.69. The lowest BCUT2D eigenvalue weighted by Gasteiger charge is -2.05. The van der Waals surface area contributed by atoms with Gasteiger partial charge in [-0.1, -0.05) is 27.2 Å². The molecule has 0 fully saturated rings. The second-order valence-electron chi connectivity index (χ2n) is 1.82. The predicted octanol–water partition coefficient (Wildman–Crippen LogP) is 3.47. The van der Waals surface area contributed by atoms with E-state index in [2.05, 4.69) is 0 Å². The molecule has 0 aliphatic heterocycles. The first-order chi connectivity index (χ1) is 4.06. The molecule has 0 N–H and O–H groups in total. The molecular formula is C7H16F2. The van der Waals surface area contributed by atoms with Gasteiger partial charge in [-0.25, -0.2) is 8.78 Å². The molecule has 0 aliphatic carbocycles. The minimum Gasteiger partial charge on any atom is -0.207 e. The van der Waals surface area contributed by atoms with Crippen LogP contribution in [0.25, 0.3) is 0 Å². The van der Waals surface area contributed by atoms with E-state index in [0.717, 1.165) is 6.92 Å². The minimum atomic E-state index is -2.45. The summed E-state index contributed by atoms with van der Waals surface area (Å²) in [5, 5.41) is 0. The Balaban J connectivity index is 0. The topological polar surface area (TPSA) is 0 Å². The van der Waals surface area contributed by atoms with Crippen molar-refractivity contribution in [3.05, 3.63) is 0 Å². The summed E-state index contributed by atoms with van der Waals surface area (Å²) in [7, 11) is 0. The van der Waals surface area contributed by atoms with Gasteiger partial charge in [0.2, 0.25) is 5.92 Å². The van der Waals surface area contributed by atoms with Crippen LogP contribution in [-0.4, -0.2) is 5.92 Å². The van der Waals surface area contributed by atoms with E-state index in [1.807, 2.05) is 13.8 Å². The van der Waals surface area contributed by atoms with Crippen molar-refractivity contribution in [1.29, 1.82) is 0 Å². The maximum absolute atomic E-state index is 11.7. The van der Waals surface area contributed by atoms with E-state index in [0.29, 0.717) is 6.42 Å². The molecule has 2 heteroatoms. The van der Waals surface area contributed by atoms with Gasteiger partial charge >= 0.3 is 0 Å². The molecule has 0 atom stereocenters. The molecule has 0 aromatic carbocycles. The summed E-state index contributed by atoms with van der Waals surface area (Å²) in [5.74, 6) is -2.45. The van der Waals surface area contributed by atoms with Gasteiger partial charge < -0.3 is 0 Å². The molecule has 0 spiro atoms. The second-order valence-corrected chi connectivity index (χ2v) is 1.82. The Hall–Kier alpha value is -0.140. The molecule has 0 aliphatic rings. The molecule has 0 aromatic heterocycles. The fourth-order valence-corrected chi connectivity index (χ4v) is 0.439. The SMILES string of the molecule is CC.CCCC(C)(F)F. The highest BCUT2D eigenvalue weighted by molar-refractivity contribution is 4.54. The molecule has 58 valence electrons. The van der Waals surface area contributed by atoms with Gasteiger partial charge in [-0.15, -0.1) is 0 Å². The van der Waals surface area contributed by atoms with Crippen molar-refractivity contribution in [2.45, 2.75) is 46.5 Å². The van der Waals surface area contributed by atoms with Crippen LogP contribution in [0.4, 0.5) is 8.78 Å². The molecule has 9 heavy (non-hydrogen) atoms. The van der Waals surface area contributed by atoms with Gasteiger partial charge in [-0.2, -0.15) is 0 Å². The minimum absolute atomic E-state index is 0.00694. The van der Waals surface area contributed by atoms with Crippen molar-refractivity contribution in [2.75, 3.05) is 0 Å². The van der Waals surface area contributed by atoms with E-state index in [1.54, 1.807) is 6.92 Å². The number of hydrogen-bond donors (Lipinski definition) is 0. The second kappa shape index (κ2) is 5.99. The molecule has 0 saturated carbocycles. The molecular weight excluding hydrogens is 122 g/mol. The number of alkyl halides is 2. The molecule has 0 radical (unpaired) electrons. The van der Waals surface area contributed by atoms with E-state index >= 15 is 0 Å². The number of rotatable bonds is 2. The predicted molar refractivity (Wildman–Crippen MR) is 36.9 cm³/mol. The highest BCUT2D eigenvalue weighted by atomic mass is 19.3. The van der Waals surface area contributed by atoms with Crippen molar-refractivity contribution in [2.24, 2.45) is 0 Å². The quantitative estimate of drug-likeness (QED) is 0.548. The smallest absolute Gasteiger partial charge is 0.207 e. The molecule has 0 saturated heterocycles. The first-order valence-corrected chi connectivity index (χ1v) is 3.44. The van der Waals surface area contributed by atoms with Gasteiger partial charge in [0, 0.05) is 6.42 Å². The third kappa shape index (κ3) is 18.1. The van der Waals surface area contributed by atoms with Crippen LogP contribution >= 0.6 is 0 Å². The van der Waals surface area contributed by atoms with E-state index in [4.69, 9.17) is 0 Å². The van der Waals surface area contributed by atoms with Crippen LogP contribution in [0.5, 0.6) is 0 Å². The molecule has 0 bridgehead atoms. The zero-order chi connectivity index (χ0) is 7.91. The summed E-state index contributed by atoms with van der Waals surface area (Å²) < 4.78 is 23.4. The van der Waals surface area contributed by atoms with Crippen molar-refractivity contribution in [3.63, 3.8) is 0 Å². The maximum Gasteiger partial charge on any atom is 0.245 e. The fraction of sp³-hybridized carbons (Fsp3) is 1.00. The Morgan fingerprint density at radius 3 is 1.56 bits per heavy atom. The standard InChI is InChI=1S/C5H10F2.C2H6/c1-3-4-5(2,6)7;1-2/h3-4H2,1-2H3;1-2H3. The Labute approximate surface area is 56.3 Å². The summed E-state index contributed by atoms with van der Waals surface area (Å²) in [5.41, 5.74) is 0. The first-order valence-electron chi connectivity index (χ1n) is 3.44. The normalized spacial score (nSPS) is 10.0. The molecule has 0 unspecified atom stereocenters. The van der Waals surface area contributed by atoms with Gasteiger partial charge in [-0.3, -0.25) is 0 Å². The van der Waals surface area contributed by atoms with Crippen LogP contribution in [0.15, 0.2) is 0 Å². The average molecular weight is 138 g/mol. The van der Waals surface area contributed by atoms with Crippen LogP contribution in [0, 0.1) is 0 Å². The Morgan fingerprint density at radius 1 is 1.22 bits per heavy atom. The highest BCUT2D eigenvalue weighted by Crippen LogP contribution is 2.17. The van der Waals surface area contributed by atoms with Crippen LogP contribution in [0.3, 0.4) is 0 Å². The average Bonchev–Trinajstić information content (AvgIpc) is 1.69. The summed E-state index contributed by atoms with van der Waals surface area (Å²) in [4.78, 5) is 0. The fourth-order valence-electron chi connectivity index (χ4n) is 0.439. The van der Waals surface area contributed by atoms with Gasteiger partial charge in [0.1, 0.15) is 0 Å². The van der Waals surface area contributed by atoms with Crippen molar-refractivity contribution >= 4 is 0 Å². The monoisotopic (exact) mass is 138 g/mol. The van der Waals surface area contributed by atoms with E-state index in [9.17, 15) is 8.78 Å². The lowest BCUT2D eigenvalue weighted by molar-refractivity contribution is 0.0123. The van der Waals surface area contributed by atoms with Gasteiger partial charge in [0.15, 0.2) is 0 Å². The van der Waals surface area contributed by atoms with Crippen LogP contribution in [0.1, 0.15) is 40.5 Å². The largest absolute Gasteiger partial charge is 0.245 e. The van der Waals surface area contributed by atoms with Crippen LogP contribution in [0.2, 0.25) is 0 Å². The summed E-state index contributed by atoms with van der Waals surface area (Å²) >= 11 is 0. The highest BCUT2D eigenvalue weighted by Gasteiger charge is 2.17. The number of halogens is 2. The lowest BCUT2D eigenvalue weighted by atomic mass is 10.2. The molecule has 0 amide bonds. The van der Waals surface area contributed by atoms with E-state index < -0.39 is 5.92 Å². The summed E-state index contributed by atoms with van der Waals surface area (Å²) in [6, 6.07) is 0. The summed E-state index contributed by atoms with van der Waals surface area (Å²) in [6.07, 6.45) is 0.566. The zero-order valence-electron chi connectivity index (χ0n) is 6.67. The van der Waals surface area contributed by atoms with E-state index in [-0.39, 0.29) is 6.42 Å². The molecule has 0 heterocycles. The third-order valence-electron chi connectivity index (χ3n) is 0.689. The van der Waals surface area contributed by atoms with Crippen molar-refractivity contribution in [1.82, 2.24) is 0 Å². The van der Waals surface area contributed by atoms with E-state index in [1.165, 1.54) is 0 Å². The molecule has 0 nitrogen and oxygen atoms in total. The first kappa shape index (κ1) is 11.6. The van der Waals surface area contributed by atoms with Crippen molar-refractivity contribution in [3.8, 4) is 0 Å². The zero-order valence-corrected chi connectivity index (χ0v) is 6.67. The lowest BCUT2D eigenvalue weighted by Crippen LogP contribution is -2.07. The van der Waals surface area contributed by atoms with Gasteiger partial charge in [-0.05, 0) is 6.92 Å². The van der Waals surface area contributed by atoms with Gasteiger partial charge in [0.05, 0.1) is 0 Å². The number of hydrogen-bond acceptors (Lipinski definition) is 0. The molecule has 0 rings (SSSR count). The Morgan fingerprint density at radius 2 is 1.56 bits per heavy atom. The van der Waals surface area contributed by atoms with Crippen molar-refractivity contribution < 1.29 is 8.78 Å².